The fraction of sp³-hybridized carbons (Fsp3) is 0.167. The predicted molar refractivity (Wildman–Crippen MR) is 96.4 cm³/mol. The molecular weight excluding hydrogens is 320 g/mol. The molecule has 0 radical (unpaired) electrons. The Kier molecular flexibility index (Phi) is 3.96. The maximum absolute atomic E-state index is 5.62. The molecule has 1 atom stereocenters. The van der Waals surface area contributed by atoms with Gasteiger partial charge in [0.1, 0.15) is 17.6 Å². The molecule has 120 valence electrons. The number of amidine groups is 1. The highest BCUT2D eigenvalue weighted by molar-refractivity contribution is 7.10. The number of nitrogens with one attached hydrogen (secondary N) is 1. The Hall–Kier alpha value is -2.73. The summed E-state index contributed by atoms with van der Waals surface area (Å²) in [4.78, 5) is 15.3. The van der Waals surface area contributed by atoms with E-state index in [0.29, 0.717) is 5.82 Å². The summed E-state index contributed by atoms with van der Waals surface area (Å²) < 4.78 is 5.62. The van der Waals surface area contributed by atoms with Crippen LogP contribution in [0.3, 0.4) is 0 Å². The smallest absolute Gasteiger partial charge is 0.163 e. The summed E-state index contributed by atoms with van der Waals surface area (Å²) >= 11 is 1.67. The lowest BCUT2D eigenvalue weighted by molar-refractivity contribution is 0.557. The molecule has 1 aliphatic rings. The van der Waals surface area contributed by atoms with E-state index < -0.39 is 0 Å². The van der Waals surface area contributed by atoms with Crippen LogP contribution in [0, 0.1) is 0 Å². The second kappa shape index (κ2) is 6.41. The van der Waals surface area contributed by atoms with E-state index in [9.17, 15) is 0 Å². The standard InChI is InChI=1S/C18H16N4OS/c1-2-19-18-16(14-8-5-11-24-14)21-15(13-7-4-10-23-13)12-6-3-9-20-17(12)22-18/h3-11,16H,2H2,1H3,(H,19,20,22). The third-order valence-electron chi connectivity index (χ3n) is 3.71. The highest BCUT2D eigenvalue weighted by Crippen LogP contribution is 2.32. The van der Waals surface area contributed by atoms with Gasteiger partial charge in [0, 0.05) is 23.2 Å². The van der Waals surface area contributed by atoms with Gasteiger partial charge in [0.2, 0.25) is 0 Å². The average Bonchev–Trinajstić information content (AvgIpc) is 3.28. The second-order valence-electron chi connectivity index (χ2n) is 5.27. The molecule has 4 rings (SSSR count). The summed E-state index contributed by atoms with van der Waals surface area (Å²) in [6.07, 6.45) is 3.40. The van der Waals surface area contributed by atoms with Gasteiger partial charge in [-0.05, 0) is 42.6 Å². The maximum Gasteiger partial charge on any atom is 0.163 e. The Morgan fingerprint density at radius 1 is 1.21 bits per heavy atom. The Bertz CT molecular complexity index is 882. The van der Waals surface area contributed by atoms with E-state index in [2.05, 4.69) is 28.7 Å². The molecule has 0 spiro atoms. The Labute approximate surface area is 143 Å². The van der Waals surface area contributed by atoms with Gasteiger partial charge in [-0.15, -0.1) is 11.3 Å². The van der Waals surface area contributed by atoms with Crippen molar-refractivity contribution in [1.82, 2.24) is 10.3 Å². The lowest BCUT2D eigenvalue weighted by Crippen LogP contribution is -2.28. The number of thiophene rings is 1. The Morgan fingerprint density at radius 3 is 2.92 bits per heavy atom. The van der Waals surface area contributed by atoms with Gasteiger partial charge in [-0.2, -0.15) is 0 Å². The molecule has 0 saturated heterocycles. The normalized spacial score (nSPS) is 16.8. The zero-order valence-electron chi connectivity index (χ0n) is 13.1. The molecule has 0 bridgehead atoms. The first kappa shape index (κ1) is 14.8. The minimum atomic E-state index is -0.195. The molecule has 4 heterocycles. The van der Waals surface area contributed by atoms with Crippen molar-refractivity contribution in [2.24, 2.45) is 9.98 Å². The topological polar surface area (TPSA) is 62.8 Å². The van der Waals surface area contributed by atoms with Crippen LogP contribution in [-0.2, 0) is 0 Å². The summed E-state index contributed by atoms with van der Waals surface area (Å²) in [5, 5.41) is 5.40. The number of pyridine rings is 1. The molecule has 0 amide bonds. The molecule has 3 aromatic heterocycles. The SMILES string of the molecule is CCNC1=Nc2ncccc2C(c2ccco2)=NC1c1cccs1. The summed E-state index contributed by atoms with van der Waals surface area (Å²) in [6.45, 7) is 2.82. The third-order valence-corrected chi connectivity index (χ3v) is 4.64. The van der Waals surface area contributed by atoms with Gasteiger partial charge in [-0.25, -0.2) is 9.98 Å². The molecule has 1 aliphatic heterocycles. The van der Waals surface area contributed by atoms with Crippen LogP contribution in [0.25, 0.3) is 0 Å². The molecular formula is C18H16N4OS. The largest absolute Gasteiger partial charge is 0.463 e. The number of hydrogen-bond donors (Lipinski definition) is 1. The van der Waals surface area contributed by atoms with Crippen molar-refractivity contribution in [3.63, 3.8) is 0 Å². The van der Waals surface area contributed by atoms with Gasteiger partial charge in [0.25, 0.3) is 0 Å². The average molecular weight is 336 g/mol. The zero-order chi connectivity index (χ0) is 16.4. The highest BCUT2D eigenvalue weighted by Gasteiger charge is 2.26. The summed E-state index contributed by atoms with van der Waals surface area (Å²) in [5.74, 6) is 2.18. The molecule has 6 heteroatoms. The van der Waals surface area contributed by atoms with Crippen LogP contribution in [-0.4, -0.2) is 23.1 Å². The lowest BCUT2D eigenvalue weighted by Gasteiger charge is -2.14. The van der Waals surface area contributed by atoms with Crippen molar-refractivity contribution in [2.45, 2.75) is 13.0 Å². The van der Waals surface area contributed by atoms with E-state index >= 15 is 0 Å². The number of hydrogen-bond acceptors (Lipinski definition) is 6. The van der Waals surface area contributed by atoms with Crippen LogP contribution in [0.15, 0.2) is 68.6 Å². The third kappa shape index (κ3) is 2.65. The number of fused-ring (bicyclic) bond motifs is 1. The lowest BCUT2D eigenvalue weighted by atomic mass is 10.1. The number of nitrogens with zero attached hydrogens (tertiary/aromatic N) is 3. The van der Waals surface area contributed by atoms with Crippen molar-refractivity contribution in [3.8, 4) is 0 Å². The van der Waals surface area contributed by atoms with Gasteiger partial charge in [-0.3, -0.25) is 4.99 Å². The monoisotopic (exact) mass is 336 g/mol. The first-order valence-electron chi connectivity index (χ1n) is 7.79. The number of aliphatic imine (C=N–C) groups is 2. The van der Waals surface area contributed by atoms with Gasteiger partial charge in [0.05, 0.1) is 6.26 Å². The van der Waals surface area contributed by atoms with E-state index in [4.69, 9.17) is 14.4 Å². The molecule has 1 unspecified atom stereocenters. The van der Waals surface area contributed by atoms with Crippen molar-refractivity contribution in [2.75, 3.05) is 6.54 Å². The second-order valence-corrected chi connectivity index (χ2v) is 6.25. The van der Waals surface area contributed by atoms with Gasteiger partial charge in [-0.1, -0.05) is 6.07 Å². The van der Waals surface area contributed by atoms with E-state index in [1.54, 1.807) is 23.8 Å². The van der Waals surface area contributed by atoms with Crippen LogP contribution in [0.2, 0.25) is 0 Å². The van der Waals surface area contributed by atoms with Crippen molar-refractivity contribution in [1.29, 1.82) is 0 Å². The molecule has 0 saturated carbocycles. The summed E-state index contributed by atoms with van der Waals surface area (Å²) in [6, 6.07) is 11.6. The van der Waals surface area contributed by atoms with E-state index in [0.717, 1.165) is 34.3 Å². The van der Waals surface area contributed by atoms with E-state index in [1.165, 1.54) is 0 Å². The fourth-order valence-electron chi connectivity index (χ4n) is 2.68. The first-order valence-corrected chi connectivity index (χ1v) is 8.67. The van der Waals surface area contributed by atoms with Gasteiger partial charge in [0.15, 0.2) is 11.6 Å². The van der Waals surface area contributed by atoms with Crippen LogP contribution in [0.4, 0.5) is 5.82 Å². The minimum Gasteiger partial charge on any atom is -0.463 e. The summed E-state index contributed by atoms with van der Waals surface area (Å²) in [5.41, 5.74) is 1.65. The summed E-state index contributed by atoms with van der Waals surface area (Å²) in [7, 11) is 0. The highest BCUT2D eigenvalue weighted by atomic mass is 32.1. The van der Waals surface area contributed by atoms with E-state index in [1.807, 2.05) is 30.3 Å². The predicted octanol–water partition coefficient (Wildman–Crippen LogP) is 3.97. The number of rotatable bonds is 3. The molecule has 0 fully saturated rings. The van der Waals surface area contributed by atoms with Crippen molar-refractivity contribution < 1.29 is 4.42 Å². The molecule has 5 nitrogen and oxygen atoms in total. The molecule has 0 aromatic carbocycles. The fourth-order valence-corrected chi connectivity index (χ4v) is 3.44. The van der Waals surface area contributed by atoms with Crippen LogP contribution >= 0.6 is 11.3 Å². The van der Waals surface area contributed by atoms with Crippen molar-refractivity contribution in [3.05, 3.63) is 70.4 Å². The van der Waals surface area contributed by atoms with Crippen LogP contribution < -0.4 is 5.32 Å². The van der Waals surface area contributed by atoms with Gasteiger partial charge >= 0.3 is 0 Å². The molecule has 24 heavy (non-hydrogen) atoms. The number of likely N-dealkylation sites (N-methyl/N-ethyl adjacent to an activating group) is 1. The zero-order valence-corrected chi connectivity index (χ0v) is 14.0. The minimum absolute atomic E-state index is 0.195. The van der Waals surface area contributed by atoms with Crippen LogP contribution in [0.1, 0.15) is 29.2 Å². The maximum atomic E-state index is 5.62. The van der Waals surface area contributed by atoms with Crippen LogP contribution in [0.5, 0.6) is 0 Å². The molecule has 1 N–H and O–H groups in total. The van der Waals surface area contributed by atoms with Crippen molar-refractivity contribution >= 4 is 28.7 Å². The quantitative estimate of drug-likeness (QED) is 0.787. The Morgan fingerprint density at radius 2 is 2.17 bits per heavy atom. The number of furan rings is 1. The Balaban J connectivity index is 1.94. The number of aromatic nitrogens is 1. The molecule has 3 aromatic rings. The van der Waals surface area contributed by atoms with E-state index in [-0.39, 0.29) is 6.04 Å². The first-order chi connectivity index (χ1) is 11.9. The molecule has 0 aliphatic carbocycles. The van der Waals surface area contributed by atoms with Gasteiger partial charge < -0.3 is 9.73 Å².